The Morgan fingerprint density at radius 1 is 1.07 bits per heavy atom. The Labute approximate surface area is 263 Å². The zero-order valence-corrected chi connectivity index (χ0v) is 26.2. The summed E-state index contributed by atoms with van der Waals surface area (Å²) < 4.78 is 33.7. The van der Waals surface area contributed by atoms with Crippen LogP contribution in [0.3, 0.4) is 0 Å². The molecule has 0 bridgehead atoms. The van der Waals surface area contributed by atoms with Gasteiger partial charge >= 0.3 is 6.09 Å². The van der Waals surface area contributed by atoms with Crippen molar-refractivity contribution in [2.45, 2.75) is 37.6 Å². The molecule has 14 heteroatoms. The number of hydrogen-bond donors (Lipinski definition) is 1. The summed E-state index contributed by atoms with van der Waals surface area (Å²) in [7, 11) is -3.97. The minimum Gasteiger partial charge on any atom is -0.450 e. The Morgan fingerprint density at radius 2 is 1.77 bits per heavy atom. The second-order valence-electron chi connectivity index (χ2n) is 9.76. The molecule has 2 aromatic heterocycles. The number of hydrogen-bond acceptors (Lipinski definition) is 10. The summed E-state index contributed by atoms with van der Waals surface area (Å²) in [5.74, 6) is -0.428. The summed E-state index contributed by atoms with van der Waals surface area (Å²) in [5, 5.41) is 22.2. The van der Waals surface area contributed by atoms with Crippen molar-refractivity contribution in [2.75, 3.05) is 31.6 Å². The lowest BCUT2D eigenvalue weighted by atomic mass is 10.0. The van der Waals surface area contributed by atoms with Gasteiger partial charge in [0.1, 0.15) is 10.0 Å². The molecule has 2 amide bonds. The first kappa shape index (κ1) is 31.1. The number of carbonyl (C=O) groups is 2. The number of fused-ring (bicyclic) bond motifs is 2. The Bertz CT molecular complexity index is 1840. The van der Waals surface area contributed by atoms with Crippen molar-refractivity contribution in [1.82, 2.24) is 14.2 Å². The zero-order valence-electron chi connectivity index (χ0n) is 23.8. The van der Waals surface area contributed by atoms with Crippen molar-refractivity contribution >= 4 is 59.9 Å². The summed E-state index contributed by atoms with van der Waals surface area (Å²) in [5.41, 5.74) is 2.96. The fraction of sp³-hybridized carbons (Fsp3) is 0.300. The van der Waals surface area contributed by atoms with Gasteiger partial charge < -0.3 is 15.0 Å². The van der Waals surface area contributed by atoms with E-state index in [1.54, 1.807) is 11.8 Å². The maximum absolute atomic E-state index is 13.5. The Hall–Kier alpha value is -4.34. The van der Waals surface area contributed by atoms with Crippen molar-refractivity contribution in [3.05, 3.63) is 64.5 Å². The first-order valence-corrected chi connectivity index (χ1v) is 16.9. The van der Waals surface area contributed by atoms with E-state index < -0.39 is 15.9 Å². The van der Waals surface area contributed by atoms with Crippen LogP contribution in [0.1, 0.15) is 40.6 Å². The van der Waals surface area contributed by atoms with Crippen LogP contribution < -0.4 is 5.32 Å². The number of thiazole rings is 1. The number of nitrogens with one attached hydrogen (secondary N) is 1. The number of anilines is 1. The maximum atomic E-state index is 13.5. The third kappa shape index (κ3) is 6.44. The number of nitrogens with zero attached hydrogens (tertiary/aromatic N) is 5. The Kier molecular flexibility index (Phi) is 9.56. The third-order valence-electron chi connectivity index (χ3n) is 7.02. The quantitative estimate of drug-likeness (QED) is 0.233. The lowest BCUT2D eigenvalue weighted by Crippen LogP contribution is -2.35. The minimum atomic E-state index is -3.97. The maximum Gasteiger partial charge on any atom is 0.410 e. The van der Waals surface area contributed by atoms with Crippen molar-refractivity contribution in [3.63, 3.8) is 0 Å². The second kappa shape index (κ2) is 13.5. The number of benzene rings is 2. The highest BCUT2D eigenvalue weighted by molar-refractivity contribution is 7.89. The first-order chi connectivity index (χ1) is 21.3. The number of thiophene rings is 1. The highest BCUT2D eigenvalue weighted by atomic mass is 32.2. The molecule has 5 rings (SSSR count). The molecular formula is C30H28N6O5S3. The van der Waals surface area contributed by atoms with Crippen LogP contribution in [0.4, 0.5) is 9.80 Å². The minimum absolute atomic E-state index is 0.00945. The molecule has 1 aliphatic rings. The molecule has 3 heterocycles. The van der Waals surface area contributed by atoms with Gasteiger partial charge in [0.25, 0.3) is 5.91 Å². The molecule has 0 saturated heterocycles. The van der Waals surface area contributed by atoms with E-state index in [1.807, 2.05) is 36.4 Å². The standard InChI is InChI=1S/C30H28N6O5S3/c1-2-41-30(38)35-18-13-22-25(19-35)43-29(26(22)28-33-23-7-3-4-8-24(23)42-28)34-27(37)20-9-11-21(12-10-20)44(39,40)36(16-5-14-31)17-6-15-32/h3-4,7-12H,2,5-6,13,16-19H2,1H3,(H,34,37). The van der Waals surface area contributed by atoms with E-state index in [1.165, 1.54) is 46.9 Å². The van der Waals surface area contributed by atoms with E-state index in [2.05, 4.69) is 5.32 Å². The van der Waals surface area contributed by atoms with E-state index in [0.717, 1.165) is 35.5 Å². The van der Waals surface area contributed by atoms with Crippen LogP contribution in [0.5, 0.6) is 0 Å². The summed E-state index contributed by atoms with van der Waals surface area (Å²) in [6, 6.07) is 17.2. The van der Waals surface area contributed by atoms with E-state index in [9.17, 15) is 18.0 Å². The van der Waals surface area contributed by atoms with Gasteiger partial charge in [-0.25, -0.2) is 18.2 Å². The molecule has 4 aromatic rings. The van der Waals surface area contributed by atoms with Gasteiger partial charge in [0.05, 0.1) is 40.4 Å². The molecule has 0 unspecified atom stereocenters. The molecular weight excluding hydrogens is 621 g/mol. The molecule has 0 aliphatic carbocycles. The number of nitriles is 2. The Balaban J connectivity index is 1.44. The highest BCUT2D eigenvalue weighted by Crippen LogP contribution is 2.46. The summed E-state index contributed by atoms with van der Waals surface area (Å²) in [4.78, 5) is 33.3. The highest BCUT2D eigenvalue weighted by Gasteiger charge is 2.30. The molecule has 0 radical (unpaired) electrons. The van der Waals surface area contributed by atoms with Crippen molar-refractivity contribution in [1.29, 1.82) is 10.5 Å². The van der Waals surface area contributed by atoms with E-state index in [0.29, 0.717) is 24.5 Å². The van der Waals surface area contributed by atoms with Gasteiger partial charge in [0, 0.05) is 48.5 Å². The SMILES string of the molecule is CCOC(=O)N1CCc2c(sc(NC(=O)c3ccc(S(=O)(=O)N(CCC#N)CCC#N)cc3)c2-c2nc3ccccc3s2)C1. The van der Waals surface area contributed by atoms with Crippen LogP contribution in [-0.2, 0) is 27.7 Å². The van der Waals surface area contributed by atoms with Gasteiger partial charge in [-0.05, 0) is 55.3 Å². The number of para-hydroxylation sites is 1. The van der Waals surface area contributed by atoms with Gasteiger partial charge in [-0.3, -0.25) is 4.79 Å². The number of rotatable bonds is 10. The van der Waals surface area contributed by atoms with Crippen LogP contribution in [0.2, 0.25) is 0 Å². The lowest BCUT2D eigenvalue weighted by Gasteiger charge is -2.26. The van der Waals surface area contributed by atoms with Gasteiger partial charge in [-0.15, -0.1) is 22.7 Å². The molecule has 226 valence electrons. The Morgan fingerprint density at radius 3 is 2.43 bits per heavy atom. The molecule has 0 fully saturated rings. The van der Waals surface area contributed by atoms with Crippen LogP contribution in [0.15, 0.2) is 53.4 Å². The summed E-state index contributed by atoms with van der Waals surface area (Å²) in [6.07, 6.45) is 0.175. The smallest absolute Gasteiger partial charge is 0.410 e. The zero-order chi connectivity index (χ0) is 31.3. The lowest BCUT2D eigenvalue weighted by molar-refractivity contribution is 0.102. The number of carbonyl (C=O) groups excluding carboxylic acids is 2. The van der Waals surface area contributed by atoms with Gasteiger partial charge in [0.15, 0.2) is 0 Å². The third-order valence-corrected chi connectivity index (χ3v) is 11.1. The van der Waals surface area contributed by atoms with Gasteiger partial charge in [-0.1, -0.05) is 12.1 Å². The molecule has 11 nitrogen and oxygen atoms in total. The second-order valence-corrected chi connectivity index (χ2v) is 13.8. The van der Waals surface area contributed by atoms with Crippen LogP contribution >= 0.6 is 22.7 Å². The molecule has 0 atom stereocenters. The van der Waals surface area contributed by atoms with Crippen LogP contribution in [0, 0.1) is 22.7 Å². The van der Waals surface area contributed by atoms with Crippen molar-refractivity contribution in [2.24, 2.45) is 0 Å². The molecule has 1 aliphatic heterocycles. The number of aromatic nitrogens is 1. The molecule has 0 saturated carbocycles. The monoisotopic (exact) mass is 648 g/mol. The van der Waals surface area contributed by atoms with Gasteiger partial charge in [-0.2, -0.15) is 14.8 Å². The van der Waals surface area contributed by atoms with Crippen molar-refractivity contribution < 1.29 is 22.7 Å². The summed E-state index contributed by atoms with van der Waals surface area (Å²) in [6.45, 7) is 2.81. The molecule has 0 spiro atoms. The van der Waals surface area contributed by atoms with Crippen LogP contribution in [0.25, 0.3) is 20.8 Å². The van der Waals surface area contributed by atoms with Crippen LogP contribution in [-0.4, -0.2) is 60.8 Å². The number of ether oxygens (including phenoxy) is 1. The largest absolute Gasteiger partial charge is 0.450 e. The number of amides is 2. The first-order valence-electron chi connectivity index (χ1n) is 13.8. The van der Waals surface area contributed by atoms with Gasteiger partial charge in [0.2, 0.25) is 10.0 Å². The normalized spacial score (nSPS) is 12.9. The predicted molar refractivity (Wildman–Crippen MR) is 168 cm³/mol. The topological polar surface area (TPSA) is 156 Å². The van der Waals surface area contributed by atoms with E-state index in [4.69, 9.17) is 20.2 Å². The predicted octanol–water partition coefficient (Wildman–Crippen LogP) is 5.61. The molecule has 1 N–H and O–H groups in total. The number of sulfonamides is 1. The fourth-order valence-corrected chi connectivity index (χ4v) is 8.68. The molecule has 44 heavy (non-hydrogen) atoms. The van der Waals surface area contributed by atoms with Crippen molar-refractivity contribution in [3.8, 4) is 22.7 Å². The molecule has 2 aromatic carbocycles. The van der Waals surface area contributed by atoms with E-state index in [-0.39, 0.29) is 49.1 Å². The summed E-state index contributed by atoms with van der Waals surface area (Å²) >= 11 is 2.91. The average Bonchev–Trinajstić information content (AvgIpc) is 3.61. The van der Waals surface area contributed by atoms with E-state index >= 15 is 0 Å². The fourth-order valence-electron chi connectivity index (χ4n) is 4.87. The average molecular weight is 649 g/mol.